The number of carbonyl (C=O) groups is 1. The van der Waals surface area contributed by atoms with E-state index in [0.29, 0.717) is 17.5 Å². The van der Waals surface area contributed by atoms with E-state index in [2.05, 4.69) is 31.2 Å². The number of amides is 1. The van der Waals surface area contributed by atoms with Crippen LogP contribution >= 0.6 is 0 Å². The lowest BCUT2D eigenvalue weighted by Crippen LogP contribution is -2.29. The maximum Gasteiger partial charge on any atom is 0.291 e. The first-order chi connectivity index (χ1) is 15.7. The third kappa shape index (κ3) is 4.22. The molecule has 7 nitrogen and oxygen atoms in total. The molecular weight excluding hydrogens is 416 g/mol. The number of nitrogens with zero attached hydrogens (tertiary/aromatic N) is 3. The number of carbonyl (C=O) groups excluding carboxylic acids is 1. The van der Waals surface area contributed by atoms with Crippen molar-refractivity contribution in [3.8, 4) is 0 Å². The topological polar surface area (TPSA) is 82.1 Å². The molecule has 2 aliphatic carbocycles. The molecule has 7 heteroatoms. The lowest BCUT2D eigenvalue weighted by molar-refractivity contribution is 0.101. The Hall–Kier alpha value is -2.57. The molecule has 2 aromatic heterocycles. The van der Waals surface area contributed by atoms with E-state index >= 15 is 0 Å². The maximum atomic E-state index is 13.2. The highest BCUT2D eigenvalue weighted by atomic mass is 16.5. The second-order valence-electron chi connectivity index (χ2n) is 10.2. The molecule has 2 heterocycles. The molecule has 0 aliphatic heterocycles. The fraction of sp³-hybridized carbons (Fsp3) is 0.654. The molecule has 0 radical (unpaired) electrons. The van der Waals surface area contributed by atoms with E-state index in [-0.39, 0.29) is 23.2 Å². The van der Waals surface area contributed by atoms with Crippen LogP contribution in [0.2, 0.25) is 0 Å². The Kier molecular flexibility index (Phi) is 6.68. The van der Waals surface area contributed by atoms with Crippen LogP contribution in [0.25, 0.3) is 5.57 Å². The van der Waals surface area contributed by atoms with Crippen LogP contribution in [0.1, 0.15) is 106 Å². The monoisotopic (exact) mass is 454 g/mol. The Labute approximate surface area is 196 Å². The first-order valence-corrected chi connectivity index (χ1v) is 12.5. The summed E-state index contributed by atoms with van der Waals surface area (Å²) in [6.45, 7) is 10.4. The van der Waals surface area contributed by atoms with Gasteiger partial charge in [-0.15, -0.1) is 0 Å². The van der Waals surface area contributed by atoms with E-state index in [9.17, 15) is 9.59 Å². The minimum absolute atomic E-state index is 0.137. The largest absolute Gasteiger partial charge is 0.356 e. The average molecular weight is 455 g/mol. The predicted molar refractivity (Wildman–Crippen MR) is 130 cm³/mol. The summed E-state index contributed by atoms with van der Waals surface area (Å²) >= 11 is 0. The van der Waals surface area contributed by atoms with Gasteiger partial charge >= 0.3 is 0 Å². The van der Waals surface area contributed by atoms with Gasteiger partial charge in [0.15, 0.2) is 11.5 Å². The first-order valence-electron chi connectivity index (χ1n) is 12.5. The van der Waals surface area contributed by atoms with Crippen molar-refractivity contribution in [2.75, 3.05) is 5.32 Å². The highest BCUT2D eigenvalue weighted by Crippen LogP contribution is 2.42. The zero-order valence-electron chi connectivity index (χ0n) is 21.0. The number of hydrogen-bond donors (Lipinski definition) is 1. The van der Waals surface area contributed by atoms with E-state index in [1.807, 2.05) is 30.3 Å². The summed E-state index contributed by atoms with van der Waals surface area (Å²) in [5, 5.41) is 7.01. The summed E-state index contributed by atoms with van der Waals surface area (Å²) in [4.78, 5) is 26.5. The number of nitrogens with one attached hydrogen (secondary N) is 1. The van der Waals surface area contributed by atoms with Gasteiger partial charge in [0.2, 0.25) is 0 Å². The van der Waals surface area contributed by atoms with E-state index in [4.69, 9.17) is 4.52 Å². The molecule has 2 aromatic rings. The number of hydrogen-bond acceptors (Lipinski definition) is 4. The van der Waals surface area contributed by atoms with Crippen molar-refractivity contribution >= 4 is 17.2 Å². The molecule has 1 saturated carbocycles. The molecule has 0 bridgehead atoms. The molecule has 180 valence electrons. The second-order valence-corrected chi connectivity index (χ2v) is 10.2. The van der Waals surface area contributed by atoms with Crippen molar-refractivity contribution < 1.29 is 9.32 Å². The molecule has 2 aliphatic rings. The number of allylic oxidation sites excluding steroid dienone is 2. The van der Waals surface area contributed by atoms with Crippen molar-refractivity contribution in [2.45, 2.75) is 92.0 Å². The summed E-state index contributed by atoms with van der Waals surface area (Å²) in [5.74, 6) is 1.40. The van der Waals surface area contributed by atoms with Gasteiger partial charge < -0.3 is 9.84 Å². The number of aromatic nitrogens is 3. The summed E-state index contributed by atoms with van der Waals surface area (Å²) in [5.41, 5.74) is 4.48. The fourth-order valence-electron chi connectivity index (χ4n) is 6.00. The molecular formula is C26H38N4O3. The van der Waals surface area contributed by atoms with E-state index in [1.54, 1.807) is 0 Å². The zero-order chi connectivity index (χ0) is 23.9. The Morgan fingerprint density at radius 1 is 1.18 bits per heavy atom. The van der Waals surface area contributed by atoms with Gasteiger partial charge in [-0.05, 0) is 70.3 Å². The summed E-state index contributed by atoms with van der Waals surface area (Å²) in [6.07, 6.45) is 8.69. The van der Waals surface area contributed by atoms with Crippen LogP contribution in [0.4, 0.5) is 5.69 Å². The zero-order valence-corrected chi connectivity index (χ0v) is 21.0. The van der Waals surface area contributed by atoms with Gasteiger partial charge in [-0.1, -0.05) is 43.8 Å². The van der Waals surface area contributed by atoms with Crippen LogP contribution in [0, 0.1) is 25.7 Å². The van der Waals surface area contributed by atoms with Crippen LogP contribution in [-0.2, 0) is 7.05 Å². The standard InChI is InChI=1S/C26H38N4O3/c1-7-19-14-15(2)13-16(3)21(19)24-17(4)22(28-33-24)25(31)27-23-18(5)29(6)30(26(23)32)20-11-9-8-10-12-20/h15,19-20H,7-14H2,1-6H3,(H,27,31). The van der Waals surface area contributed by atoms with Crippen LogP contribution in [0.3, 0.4) is 0 Å². The predicted octanol–water partition coefficient (Wildman–Crippen LogP) is 5.78. The molecule has 1 N–H and O–H groups in total. The smallest absolute Gasteiger partial charge is 0.291 e. The molecule has 0 spiro atoms. The van der Waals surface area contributed by atoms with Gasteiger partial charge in [-0.2, -0.15) is 0 Å². The molecule has 0 aromatic carbocycles. The lowest BCUT2D eigenvalue weighted by atomic mass is 9.75. The second kappa shape index (κ2) is 9.35. The highest BCUT2D eigenvalue weighted by molar-refractivity contribution is 6.04. The van der Waals surface area contributed by atoms with Crippen molar-refractivity contribution in [3.05, 3.63) is 38.6 Å². The van der Waals surface area contributed by atoms with Gasteiger partial charge in [-0.3, -0.25) is 14.3 Å². The van der Waals surface area contributed by atoms with Gasteiger partial charge in [0.05, 0.1) is 11.7 Å². The van der Waals surface area contributed by atoms with Gasteiger partial charge in [0, 0.05) is 12.6 Å². The minimum atomic E-state index is -0.389. The minimum Gasteiger partial charge on any atom is -0.356 e. The first kappa shape index (κ1) is 23.6. The fourth-order valence-corrected chi connectivity index (χ4v) is 6.00. The van der Waals surface area contributed by atoms with Gasteiger partial charge in [0.1, 0.15) is 5.69 Å². The van der Waals surface area contributed by atoms with Crippen molar-refractivity contribution in [1.29, 1.82) is 0 Å². The van der Waals surface area contributed by atoms with Crippen LogP contribution in [0.5, 0.6) is 0 Å². The molecule has 2 atom stereocenters. The number of rotatable bonds is 5. The normalized spacial score (nSPS) is 22.1. The summed E-state index contributed by atoms with van der Waals surface area (Å²) in [6, 6.07) is 0.190. The maximum absolute atomic E-state index is 13.2. The summed E-state index contributed by atoms with van der Waals surface area (Å²) in [7, 11) is 1.89. The quantitative estimate of drug-likeness (QED) is 0.621. The Morgan fingerprint density at radius 2 is 1.88 bits per heavy atom. The number of anilines is 1. The van der Waals surface area contributed by atoms with Crippen LogP contribution in [-0.4, -0.2) is 20.4 Å². The average Bonchev–Trinajstić information content (AvgIpc) is 3.26. The molecule has 4 rings (SSSR count). The van der Waals surface area contributed by atoms with Crippen LogP contribution in [0.15, 0.2) is 14.9 Å². The molecule has 33 heavy (non-hydrogen) atoms. The lowest BCUT2D eigenvalue weighted by Gasteiger charge is -2.29. The summed E-state index contributed by atoms with van der Waals surface area (Å²) < 4.78 is 9.46. The van der Waals surface area contributed by atoms with Gasteiger partial charge in [0.25, 0.3) is 11.5 Å². The van der Waals surface area contributed by atoms with E-state index in [1.165, 1.54) is 17.6 Å². The molecule has 2 unspecified atom stereocenters. The van der Waals surface area contributed by atoms with E-state index < -0.39 is 0 Å². The van der Waals surface area contributed by atoms with Crippen molar-refractivity contribution in [3.63, 3.8) is 0 Å². The SMILES string of the molecule is CCC1CC(C)CC(C)=C1c1onc(C(=O)Nc2c(C)n(C)n(C3CCCCC3)c2=O)c1C. The molecule has 0 saturated heterocycles. The Balaban J connectivity index is 1.63. The highest BCUT2D eigenvalue weighted by Gasteiger charge is 2.31. The third-order valence-electron chi connectivity index (χ3n) is 7.84. The van der Waals surface area contributed by atoms with E-state index in [0.717, 1.165) is 62.0 Å². The Bertz CT molecular complexity index is 1130. The van der Waals surface area contributed by atoms with Gasteiger partial charge in [-0.25, -0.2) is 4.68 Å². The van der Waals surface area contributed by atoms with Crippen molar-refractivity contribution in [1.82, 2.24) is 14.5 Å². The molecule has 1 amide bonds. The van der Waals surface area contributed by atoms with Crippen LogP contribution < -0.4 is 10.9 Å². The third-order valence-corrected chi connectivity index (χ3v) is 7.84. The Morgan fingerprint density at radius 3 is 2.55 bits per heavy atom. The molecule has 1 fully saturated rings. The van der Waals surface area contributed by atoms with Crippen molar-refractivity contribution in [2.24, 2.45) is 18.9 Å².